The summed E-state index contributed by atoms with van der Waals surface area (Å²) in [4.78, 5) is 0. The Morgan fingerprint density at radius 3 is 3.18 bits per heavy atom. The number of nitrogens with two attached hydrogens (primary N) is 1. The van der Waals surface area contributed by atoms with E-state index in [2.05, 4.69) is 24.3 Å². The highest BCUT2D eigenvalue weighted by molar-refractivity contribution is 5.26. The molecule has 0 bridgehead atoms. The van der Waals surface area contributed by atoms with Crippen molar-refractivity contribution in [3.63, 3.8) is 0 Å². The molecule has 0 aromatic carbocycles. The first-order chi connectivity index (χ1) is 5.36. The van der Waals surface area contributed by atoms with Gasteiger partial charge in [-0.2, -0.15) is 0 Å². The standard InChI is InChI=1S/C10H13N/c11-10-6-5-8-3-1-2-4-9(8)7-10/h2,4-9H,1,3,11H2/t8-,9?/m1/s1. The molecule has 0 saturated carbocycles. The molecule has 58 valence electrons. The first-order valence-electron chi connectivity index (χ1n) is 4.18. The van der Waals surface area contributed by atoms with E-state index in [0.717, 1.165) is 5.70 Å². The molecule has 2 atom stereocenters. The first-order valence-corrected chi connectivity index (χ1v) is 4.18. The van der Waals surface area contributed by atoms with Gasteiger partial charge >= 0.3 is 0 Å². The fourth-order valence-electron chi connectivity index (χ4n) is 1.79. The molecule has 0 saturated heterocycles. The number of allylic oxidation sites excluding steroid dienone is 5. The van der Waals surface area contributed by atoms with Crippen molar-refractivity contribution in [2.24, 2.45) is 17.6 Å². The van der Waals surface area contributed by atoms with Crippen molar-refractivity contribution < 1.29 is 0 Å². The van der Waals surface area contributed by atoms with Gasteiger partial charge in [0.1, 0.15) is 0 Å². The van der Waals surface area contributed by atoms with Crippen LogP contribution in [0, 0.1) is 11.8 Å². The number of hydrogen-bond donors (Lipinski definition) is 1. The van der Waals surface area contributed by atoms with Crippen molar-refractivity contribution in [3.05, 3.63) is 36.1 Å². The molecule has 0 aromatic rings. The Kier molecular flexibility index (Phi) is 1.57. The summed E-state index contributed by atoms with van der Waals surface area (Å²) in [6, 6.07) is 0. The van der Waals surface area contributed by atoms with Gasteiger partial charge in [0.15, 0.2) is 0 Å². The van der Waals surface area contributed by atoms with Crippen molar-refractivity contribution in [1.29, 1.82) is 0 Å². The lowest BCUT2D eigenvalue weighted by atomic mass is 9.81. The van der Waals surface area contributed by atoms with Gasteiger partial charge in [0.05, 0.1) is 0 Å². The van der Waals surface area contributed by atoms with Crippen LogP contribution in [0.2, 0.25) is 0 Å². The third kappa shape index (κ3) is 1.23. The average Bonchev–Trinajstić information content (AvgIpc) is 2.04. The van der Waals surface area contributed by atoms with Crippen LogP contribution in [0.25, 0.3) is 0 Å². The van der Waals surface area contributed by atoms with Crippen molar-refractivity contribution in [2.75, 3.05) is 0 Å². The average molecular weight is 147 g/mol. The summed E-state index contributed by atoms with van der Waals surface area (Å²) < 4.78 is 0. The molecular weight excluding hydrogens is 134 g/mol. The lowest BCUT2D eigenvalue weighted by molar-refractivity contribution is 0.489. The Morgan fingerprint density at radius 1 is 1.36 bits per heavy atom. The van der Waals surface area contributed by atoms with Gasteiger partial charge in [-0.3, -0.25) is 0 Å². The Hall–Kier alpha value is -0.980. The molecular formula is C10H13N. The summed E-state index contributed by atoms with van der Waals surface area (Å²) in [5.74, 6) is 1.29. The molecule has 11 heavy (non-hydrogen) atoms. The lowest BCUT2D eigenvalue weighted by Crippen LogP contribution is -2.16. The van der Waals surface area contributed by atoms with Crippen molar-refractivity contribution in [3.8, 4) is 0 Å². The van der Waals surface area contributed by atoms with Crippen LogP contribution in [0.1, 0.15) is 12.8 Å². The lowest BCUT2D eigenvalue weighted by Gasteiger charge is -2.25. The van der Waals surface area contributed by atoms with Gasteiger partial charge in [-0.1, -0.05) is 24.3 Å². The maximum atomic E-state index is 5.68. The monoisotopic (exact) mass is 147 g/mol. The third-order valence-electron chi connectivity index (χ3n) is 2.44. The van der Waals surface area contributed by atoms with Gasteiger partial charge in [-0.05, 0) is 24.8 Å². The molecule has 0 aromatic heterocycles. The highest BCUT2D eigenvalue weighted by atomic mass is 14.6. The van der Waals surface area contributed by atoms with Crippen LogP contribution >= 0.6 is 0 Å². The van der Waals surface area contributed by atoms with Crippen LogP contribution in [0.15, 0.2) is 36.1 Å². The Balaban J connectivity index is 2.24. The molecule has 0 radical (unpaired) electrons. The van der Waals surface area contributed by atoms with Gasteiger partial charge < -0.3 is 5.73 Å². The molecule has 0 fully saturated rings. The zero-order valence-corrected chi connectivity index (χ0v) is 6.53. The molecule has 0 heterocycles. The summed E-state index contributed by atoms with van der Waals surface area (Å²) in [6.07, 6.45) is 13.4. The van der Waals surface area contributed by atoms with E-state index < -0.39 is 0 Å². The second-order valence-corrected chi connectivity index (χ2v) is 3.27. The summed E-state index contributed by atoms with van der Waals surface area (Å²) in [7, 11) is 0. The maximum absolute atomic E-state index is 5.68. The number of fused-ring (bicyclic) bond motifs is 1. The maximum Gasteiger partial charge on any atom is 0.0276 e. The molecule has 1 unspecified atom stereocenters. The molecule has 1 nitrogen and oxygen atoms in total. The predicted molar refractivity (Wildman–Crippen MR) is 46.8 cm³/mol. The van der Waals surface area contributed by atoms with Crippen LogP contribution in [-0.4, -0.2) is 0 Å². The minimum absolute atomic E-state index is 0.578. The minimum Gasteiger partial charge on any atom is -0.399 e. The zero-order chi connectivity index (χ0) is 7.68. The predicted octanol–water partition coefficient (Wildman–Crippen LogP) is 1.98. The Bertz CT molecular complexity index is 235. The molecule has 2 aliphatic rings. The quantitative estimate of drug-likeness (QED) is 0.521. The van der Waals surface area contributed by atoms with Crippen LogP contribution < -0.4 is 5.73 Å². The summed E-state index contributed by atoms with van der Waals surface area (Å²) in [5, 5.41) is 0. The normalized spacial score (nSPS) is 34.7. The van der Waals surface area contributed by atoms with E-state index in [0.29, 0.717) is 11.8 Å². The summed E-state index contributed by atoms with van der Waals surface area (Å²) in [6.45, 7) is 0. The van der Waals surface area contributed by atoms with E-state index >= 15 is 0 Å². The SMILES string of the molecule is NC1=CC2C=CCC[C@@H]2C=C1. The largest absolute Gasteiger partial charge is 0.399 e. The smallest absolute Gasteiger partial charge is 0.0276 e. The van der Waals surface area contributed by atoms with Crippen LogP contribution in [0.5, 0.6) is 0 Å². The zero-order valence-electron chi connectivity index (χ0n) is 6.53. The molecule has 2 aliphatic carbocycles. The Morgan fingerprint density at radius 2 is 2.27 bits per heavy atom. The minimum atomic E-state index is 0.578. The van der Waals surface area contributed by atoms with Crippen molar-refractivity contribution in [1.82, 2.24) is 0 Å². The van der Waals surface area contributed by atoms with E-state index in [4.69, 9.17) is 5.73 Å². The van der Waals surface area contributed by atoms with Crippen LogP contribution in [0.3, 0.4) is 0 Å². The molecule has 0 amide bonds. The highest BCUT2D eigenvalue weighted by Gasteiger charge is 2.19. The fourth-order valence-corrected chi connectivity index (χ4v) is 1.79. The van der Waals surface area contributed by atoms with Gasteiger partial charge in [-0.15, -0.1) is 0 Å². The first kappa shape index (κ1) is 6.71. The van der Waals surface area contributed by atoms with Gasteiger partial charge in [-0.25, -0.2) is 0 Å². The number of rotatable bonds is 0. The molecule has 0 spiro atoms. The summed E-state index contributed by atoms with van der Waals surface area (Å²) >= 11 is 0. The molecule has 2 rings (SSSR count). The van der Waals surface area contributed by atoms with Crippen molar-refractivity contribution in [2.45, 2.75) is 12.8 Å². The Labute approximate surface area is 67.3 Å². The topological polar surface area (TPSA) is 26.0 Å². The molecule has 1 heteroatoms. The van der Waals surface area contributed by atoms with E-state index in [-0.39, 0.29) is 0 Å². The second kappa shape index (κ2) is 2.57. The van der Waals surface area contributed by atoms with Gasteiger partial charge in [0, 0.05) is 11.6 Å². The van der Waals surface area contributed by atoms with Crippen molar-refractivity contribution >= 4 is 0 Å². The van der Waals surface area contributed by atoms with E-state index in [1.165, 1.54) is 12.8 Å². The second-order valence-electron chi connectivity index (χ2n) is 3.27. The fraction of sp³-hybridized carbons (Fsp3) is 0.400. The van der Waals surface area contributed by atoms with Crippen LogP contribution in [-0.2, 0) is 0 Å². The number of hydrogen-bond acceptors (Lipinski definition) is 1. The van der Waals surface area contributed by atoms with E-state index in [1.807, 2.05) is 6.08 Å². The van der Waals surface area contributed by atoms with Gasteiger partial charge in [0.2, 0.25) is 0 Å². The summed E-state index contributed by atoms with van der Waals surface area (Å²) in [5.41, 5.74) is 6.60. The highest BCUT2D eigenvalue weighted by Crippen LogP contribution is 2.30. The van der Waals surface area contributed by atoms with Gasteiger partial charge in [0.25, 0.3) is 0 Å². The molecule has 0 aliphatic heterocycles. The van der Waals surface area contributed by atoms with E-state index in [1.54, 1.807) is 0 Å². The van der Waals surface area contributed by atoms with E-state index in [9.17, 15) is 0 Å². The third-order valence-corrected chi connectivity index (χ3v) is 2.44. The molecule has 2 N–H and O–H groups in total. The van der Waals surface area contributed by atoms with Crippen LogP contribution in [0.4, 0.5) is 0 Å².